The second-order valence-electron chi connectivity index (χ2n) is 6.24. The van der Waals surface area contributed by atoms with E-state index in [9.17, 15) is 9.59 Å². The molecule has 0 saturated carbocycles. The minimum atomic E-state index is -0.0459. The lowest BCUT2D eigenvalue weighted by Gasteiger charge is -2.35. The smallest absolute Gasteiger partial charge is 0.257 e. The number of piperazine rings is 1. The molecular formula is C21H24N2O3S. The van der Waals surface area contributed by atoms with E-state index < -0.39 is 0 Å². The summed E-state index contributed by atoms with van der Waals surface area (Å²) in [4.78, 5) is 30.3. The van der Waals surface area contributed by atoms with E-state index in [2.05, 4.69) is 0 Å². The van der Waals surface area contributed by atoms with Crippen LogP contribution < -0.4 is 4.74 Å². The first-order valence-electron chi connectivity index (χ1n) is 9.08. The van der Waals surface area contributed by atoms with Crippen LogP contribution in [-0.2, 0) is 0 Å². The minimum Gasteiger partial charge on any atom is -0.493 e. The van der Waals surface area contributed by atoms with Gasteiger partial charge < -0.3 is 14.5 Å². The number of ether oxygens (including phenoxy) is 1. The highest BCUT2D eigenvalue weighted by atomic mass is 32.2. The number of hydrogen-bond acceptors (Lipinski definition) is 4. The van der Waals surface area contributed by atoms with Gasteiger partial charge in [0.25, 0.3) is 11.8 Å². The van der Waals surface area contributed by atoms with Gasteiger partial charge in [0.15, 0.2) is 0 Å². The Morgan fingerprint density at radius 1 is 0.926 bits per heavy atom. The van der Waals surface area contributed by atoms with E-state index in [1.807, 2.05) is 60.5 Å². The van der Waals surface area contributed by atoms with Gasteiger partial charge in [0.2, 0.25) is 0 Å². The number of amides is 2. The van der Waals surface area contributed by atoms with Crippen LogP contribution in [0.2, 0.25) is 0 Å². The molecule has 1 aliphatic heterocycles. The molecule has 0 N–H and O–H groups in total. The lowest BCUT2D eigenvalue weighted by atomic mass is 10.1. The second-order valence-corrected chi connectivity index (χ2v) is 7.12. The monoisotopic (exact) mass is 384 g/mol. The van der Waals surface area contributed by atoms with Crippen molar-refractivity contribution in [2.75, 3.05) is 39.0 Å². The topological polar surface area (TPSA) is 49.9 Å². The van der Waals surface area contributed by atoms with Crippen molar-refractivity contribution in [2.45, 2.75) is 11.8 Å². The van der Waals surface area contributed by atoms with Crippen molar-refractivity contribution in [2.24, 2.45) is 0 Å². The molecule has 0 unspecified atom stereocenters. The molecule has 5 nitrogen and oxygen atoms in total. The molecule has 1 aliphatic rings. The fraction of sp³-hybridized carbons (Fsp3) is 0.333. The highest BCUT2D eigenvalue weighted by Crippen LogP contribution is 2.21. The number of para-hydroxylation sites is 1. The number of hydrogen-bond donors (Lipinski definition) is 0. The third-order valence-electron chi connectivity index (χ3n) is 4.61. The van der Waals surface area contributed by atoms with Crippen molar-refractivity contribution in [3.05, 3.63) is 59.7 Å². The van der Waals surface area contributed by atoms with E-state index in [0.717, 1.165) is 4.90 Å². The molecule has 0 atom stereocenters. The fourth-order valence-electron chi connectivity index (χ4n) is 3.12. The van der Waals surface area contributed by atoms with Crippen molar-refractivity contribution in [3.63, 3.8) is 0 Å². The van der Waals surface area contributed by atoms with Crippen molar-refractivity contribution in [1.29, 1.82) is 0 Å². The fourth-order valence-corrected chi connectivity index (χ4v) is 3.53. The van der Waals surface area contributed by atoms with Gasteiger partial charge in [-0.1, -0.05) is 12.1 Å². The molecule has 0 aromatic heterocycles. The maximum Gasteiger partial charge on any atom is 0.257 e. The first-order chi connectivity index (χ1) is 13.1. The van der Waals surface area contributed by atoms with Crippen LogP contribution in [0.15, 0.2) is 53.4 Å². The van der Waals surface area contributed by atoms with Crippen LogP contribution in [0.3, 0.4) is 0 Å². The van der Waals surface area contributed by atoms with E-state index in [4.69, 9.17) is 4.74 Å². The van der Waals surface area contributed by atoms with E-state index in [0.29, 0.717) is 49.7 Å². The van der Waals surface area contributed by atoms with Gasteiger partial charge in [-0.2, -0.15) is 0 Å². The molecule has 142 valence electrons. The summed E-state index contributed by atoms with van der Waals surface area (Å²) >= 11 is 1.65. The van der Waals surface area contributed by atoms with Crippen LogP contribution in [0.25, 0.3) is 0 Å². The van der Waals surface area contributed by atoms with Gasteiger partial charge in [0.05, 0.1) is 12.2 Å². The van der Waals surface area contributed by atoms with E-state index >= 15 is 0 Å². The summed E-state index contributed by atoms with van der Waals surface area (Å²) in [5.41, 5.74) is 1.26. The van der Waals surface area contributed by atoms with Crippen LogP contribution >= 0.6 is 11.8 Å². The van der Waals surface area contributed by atoms with Crippen molar-refractivity contribution in [3.8, 4) is 5.75 Å². The molecule has 27 heavy (non-hydrogen) atoms. The Bertz CT molecular complexity index is 799. The number of nitrogens with zero attached hydrogens (tertiary/aromatic N) is 2. The Morgan fingerprint density at radius 2 is 1.52 bits per heavy atom. The summed E-state index contributed by atoms with van der Waals surface area (Å²) in [6.07, 6.45) is 2.01. The van der Waals surface area contributed by atoms with Crippen LogP contribution in [0.1, 0.15) is 27.6 Å². The molecule has 0 spiro atoms. The zero-order valence-electron chi connectivity index (χ0n) is 15.7. The lowest BCUT2D eigenvalue weighted by molar-refractivity contribution is 0.0533. The zero-order chi connectivity index (χ0) is 19.2. The Hall–Kier alpha value is -2.47. The second kappa shape index (κ2) is 8.95. The summed E-state index contributed by atoms with van der Waals surface area (Å²) in [7, 11) is 0. The Kier molecular flexibility index (Phi) is 6.40. The molecule has 2 amide bonds. The highest BCUT2D eigenvalue weighted by molar-refractivity contribution is 7.98. The third kappa shape index (κ3) is 4.45. The van der Waals surface area contributed by atoms with Crippen molar-refractivity contribution >= 4 is 23.6 Å². The number of carbonyl (C=O) groups excluding carboxylic acids is 2. The summed E-state index contributed by atoms with van der Waals surface area (Å²) in [5.74, 6) is 0.581. The van der Waals surface area contributed by atoms with Crippen molar-refractivity contribution in [1.82, 2.24) is 9.80 Å². The predicted molar refractivity (Wildman–Crippen MR) is 108 cm³/mol. The number of rotatable bonds is 5. The van der Waals surface area contributed by atoms with Gasteiger partial charge in [-0.05, 0) is 49.6 Å². The molecule has 2 aromatic carbocycles. The van der Waals surface area contributed by atoms with Gasteiger partial charge in [-0.3, -0.25) is 9.59 Å². The predicted octanol–water partition coefficient (Wildman–Crippen LogP) is 3.41. The van der Waals surface area contributed by atoms with E-state index in [1.54, 1.807) is 22.7 Å². The van der Waals surface area contributed by atoms with Gasteiger partial charge in [0, 0.05) is 36.6 Å². The summed E-state index contributed by atoms with van der Waals surface area (Å²) < 4.78 is 5.57. The SMILES string of the molecule is CCOc1ccccc1C(=O)N1CCN(C(=O)c2ccc(SC)cc2)CC1. The molecule has 0 bridgehead atoms. The zero-order valence-corrected chi connectivity index (χ0v) is 16.5. The molecule has 2 aromatic rings. The molecule has 0 radical (unpaired) electrons. The average Bonchev–Trinajstić information content (AvgIpc) is 2.73. The van der Waals surface area contributed by atoms with Crippen LogP contribution in [0.5, 0.6) is 5.75 Å². The number of carbonyl (C=O) groups is 2. The van der Waals surface area contributed by atoms with Gasteiger partial charge in [-0.25, -0.2) is 0 Å². The molecule has 1 fully saturated rings. The Labute approximate surface area is 164 Å². The molecule has 3 rings (SSSR count). The van der Waals surface area contributed by atoms with Crippen LogP contribution in [-0.4, -0.2) is 60.7 Å². The normalized spacial score (nSPS) is 14.1. The Balaban J connectivity index is 1.63. The first kappa shape index (κ1) is 19.3. The summed E-state index contributed by atoms with van der Waals surface area (Å²) in [6, 6.07) is 15.0. The first-order valence-corrected chi connectivity index (χ1v) is 10.3. The molecule has 6 heteroatoms. The summed E-state index contributed by atoms with van der Waals surface area (Å²) in [6.45, 7) is 4.53. The largest absolute Gasteiger partial charge is 0.493 e. The molecular weight excluding hydrogens is 360 g/mol. The number of thioether (sulfide) groups is 1. The van der Waals surface area contributed by atoms with Crippen molar-refractivity contribution < 1.29 is 14.3 Å². The Morgan fingerprint density at radius 3 is 2.11 bits per heavy atom. The molecule has 1 saturated heterocycles. The van der Waals surface area contributed by atoms with E-state index in [1.165, 1.54) is 0 Å². The highest BCUT2D eigenvalue weighted by Gasteiger charge is 2.26. The van der Waals surface area contributed by atoms with Gasteiger partial charge >= 0.3 is 0 Å². The van der Waals surface area contributed by atoms with E-state index in [-0.39, 0.29) is 11.8 Å². The maximum absolute atomic E-state index is 12.9. The summed E-state index contributed by atoms with van der Waals surface area (Å²) in [5, 5.41) is 0. The quantitative estimate of drug-likeness (QED) is 0.742. The molecule has 0 aliphatic carbocycles. The molecule has 1 heterocycles. The van der Waals surface area contributed by atoms with Gasteiger partial charge in [-0.15, -0.1) is 11.8 Å². The van der Waals surface area contributed by atoms with Crippen LogP contribution in [0, 0.1) is 0 Å². The minimum absolute atomic E-state index is 0.0180. The van der Waals surface area contributed by atoms with Crippen LogP contribution in [0.4, 0.5) is 0 Å². The lowest BCUT2D eigenvalue weighted by Crippen LogP contribution is -2.50. The maximum atomic E-state index is 12.9. The number of benzene rings is 2. The average molecular weight is 385 g/mol. The van der Waals surface area contributed by atoms with Gasteiger partial charge in [0.1, 0.15) is 5.75 Å². The third-order valence-corrected chi connectivity index (χ3v) is 5.35. The standard InChI is InChI=1S/C21H24N2O3S/c1-3-26-19-7-5-4-6-18(19)21(25)23-14-12-22(13-15-23)20(24)16-8-10-17(27-2)11-9-16/h4-11H,3,12-15H2,1-2H3.